The highest BCUT2D eigenvalue weighted by Crippen LogP contribution is 2.30. The van der Waals surface area contributed by atoms with Crippen LogP contribution in [0.25, 0.3) is 0 Å². The SMILES string of the molecule is CCCCC/C=C\C/C=C\CCCCCCCCC(CCCCCCCCCC)O/C=C/C(C)(C)C(C)CC. The average Bonchev–Trinajstić information content (AvgIpc) is 2.93. The number of unbranched alkanes of at least 4 members (excludes halogenated alkanes) is 16. The van der Waals surface area contributed by atoms with Crippen molar-refractivity contribution in [1.82, 2.24) is 0 Å². The lowest BCUT2D eigenvalue weighted by molar-refractivity contribution is 0.116. The first-order valence-electron chi connectivity index (χ1n) is 17.6. The summed E-state index contributed by atoms with van der Waals surface area (Å²) in [6, 6.07) is 0. The maximum Gasteiger partial charge on any atom is 0.0978 e. The summed E-state index contributed by atoms with van der Waals surface area (Å²) < 4.78 is 6.36. The van der Waals surface area contributed by atoms with Gasteiger partial charge in [-0.1, -0.05) is 156 Å². The molecule has 0 saturated carbocycles. The molecule has 39 heavy (non-hydrogen) atoms. The third-order valence-electron chi connectivity index (χ3n) is 8.76. The molecule has 0 fully saturated rings. The van der Waals surface area contributed by atoms with E-state index >= 15 is 0 Å². The van der Waals surface area contributed by atoms with Gasteiger partial charge in [0.05, 0.1) is 12.4 Å². The first-order chi connectivity index (χ1) is 19.0. The van der Waals surface area contributed by atoms with E-state index in [1.807, 2.05) is 0 Å². The molecule has 230 valence electrons. The van der Waals surface area contributed by atoms with Crippen LogP contribution in [0.5, 0.6) is 0 Å². The highest BCUT2D eigenvalue weighted by molar-refractivity contribution is 4.94. The summed E-state index contributed by atoms with van der Waals surface area (Å²) in [5.74, 6) is 0.677. The van der Waals surface area contributed by atoms with Gasteiger partial charge in [-0.15, -0.1) is 0 Å². The maximum atomic E-state index is 6.36. The predicted molar refractivity (Wildman–Crippen MR) is 178 cm³/mol. The quantitative estimate of drug-likeness (QED) is 0.0517. The Morgan fingerprint density at radius 2 is 1.00 bits per heavy atom. The number of hydrogen-bond donors (Lipinski definition) is 0. The largest absolute Gasteiger partial charge is 0.498 e. The van der Waals surface area contributed by atoms with E-state index in [-0.39, 0.29) is 5.41 Å². The Morgan fingerprint density at radius 1 is 0.564 bits per heavy atom. The van der Waals surface area contributed by atoms with Crippen LogP contribution < -0.4 is 0 Å². The van der Waals surface area contributed by atoms with Gasteiger partial charge in [-0.25, -0.2) is 0 Å². The first-order valence-corrected chi connectivity index (χ1v) is 17.6. The maximum absolute atomic E-state index is 6.36. The summed E-state index contributed by atoms with van der Waals surface area (Å²) in [5, 5.41) is 0. The van der Waals surface area contributed by atoms with E-state index in [1.54, 1.807) is 0 Å². The van der Waals surface area contributed by atoms with Gasteiger partial charge in [-0.3, -0.25) is 0 Å². The smallest absolute Gasteiger partial charge is 0.0978 e. The van der Waals surface area contributed by atoms with Gasteiger partial charge < -0.3 is 4.74 Å². The van der Waals surface area contributed by atoms with Crippen molar-refractivity contribution in [1.29, 1.82) is 0 Å². The second-order valence-corrected chi connectivity index (χ2v) is 12.8. The van der Waals surface area contributed by atoms with E-state index in [4.69, 9.17) is 4.74 Å². The first kappa shape index (κ1) is 38.0. The lowest BCUT2D eigenvalue weighted by Crippen LogP contribution is -2.18. The predicted octanol–water partition coefficient (Wildman–Crippen LogP) is 13.7. The third-order valence-corrected chi connectivity index (χ3v) is 8.76. The van der Waals surface area contributed by atoms with Gasteiger partial charge in [0.1, 0.15) is 0 Å². The van der Waals surface area contributed by atoms with Crippen LogP contribution in [0.4, 0.5) is 0 Å². The van der Waals surface area contributed by atoms with E-state index in [0.717, 1.165) is 6.42 Å². The van der Waals surface area contributed by atoms with Crippen molar-refractivity contribution in [2.45, 2.75) is 195 Å². The molecule has 0 amide bonds. The highest BCUT2D eigenvalue weighted by Gasteiger charge is 2.21. The van der Waals surface area contributed by atoms with Crippen LogP contribution >= 0.6 is 0 Å². The molecule has 2 atom stereocenters. The standard InChI is InChI=1S/C38H72O/c1-7-10-12-14-16-18-19-20-21-22-23-24-25-27-29-31-33-37(32-30-28-26-17-15-13-11-8-2)39-35-34-38(5,6)36(4)9-3/h16,18,20-21,34-37H,7-15,17,19,22-33H2,1-6H3/b18-16-,21-20-,35-34+. The van der Waals surface area contributed by atoms with Crippen LogP contribution in [0.1, 0.15) is 189 Å². The molecular formula is C38H72O. The number of allylic oxidation sites excluding steroid dienone is 5. The fourth-order valence-corrected chi connectivity index (χ4v) is 5.16. The van der Waals surface area contributed by atoms with E-state index in [1.165, 1.54) is 141 Å². The zero-order valence-electron chi connectivity index (χ0n) is 27.8. The zero-order chi connectivity index (χ0) is 28.9. The summed E-state index contributed by atoms with van der Waals surface area (Å²) in [7, 11) is 0. The number of hydrogen-bond acceptors (Lipinski definition) is 1. The van der Waals surface area contributed by atoms with E-state index in [9.17, 15) is 0 Å². The van der Waals surface area contributed by atoms with Gasteiger partial charge >= 0.3 is 0 Å². The van der Waals surface area contributed by atoms with Crippen molar-refractivity contribution >= 4 is 0 Å². The van der Waals surface area contributed by atoms with Crippen molar-refractivity contribution < 1.29 is 4.74 Å². The molecule has 0 radical (unpaired) electrons. The zero-order valence-corrected chi connectivity index (χ0v) is 27.8. The molecule has 0 aliphatic heterocycles. The molecule has 0 aliphatic rings. The number of ether oxygens (including phenoxy) is 1. The van der Waals surface area contributed by atoms with Crippen LogP contribution in [0.15, 0.2) is 36.6 Å². The van der Waals surface area contributed by atoms with E-state index < -0.39 is 0 Å². The number of rotatable bonds is 29. The van der Waals surface area contributed by atoms with Crippen molar-refractivity contribution in [3.05, 3.63) is 36.6 Å². The molecular weight excluding hydrogens is 472 g/mol. The molecule has 1 heteroatoms. The van der Waals surface area contributed by atoms with Crippen molar-refractivity contribution in [2.24, 2.45) is 11.3 Å². The minimum absolute atomic E-state index is 0.206. The molecule has 0 rings (SSSR count). The molecule has 0 aromatic carbocycles. The summed E-state index contributed by atoms with van der Waals surface area (Å²) >= 11 is 0. The summed E-state index contributed by atoms with van der Waals surface area (Å²) in [6.45, 7) is 13.9. The van der Waals surface area contributed by atoms with Gasteiger partial charge in [-0.05, 0) is 75.2 Å². The van der Waals surface area contributed by atoms with Crippen LogP contribution in [-0.2, 0) is 4.74 Å². The van der Waals surface area contributed by atoms with E-state index in [0.29, 0.717) is 12.0 Å². The lowest BCUT2D eigenvalue weighted by Gasteiger charge is -2.27. The Hall–Kier alpha value is -0.980. The molecule has 0 aromatic heterocycles. The Balaban J connectivity index is 4.11. The van der Waals surface area contributed by atoms with Crippen molar-refractivity contribution in [3.8, 4) is 0 Å². The Labute approximate surface area is 247 Å². The summed E-state index contributed by atoms with van der Waals surface area (Å²) in [4.78, 5) is 0. The lowest BCUT2D eigenvalue weighted by atomic mass is 9.79. The molecule has 0 N–H and O–H groups in total. The molecule has 0 bridgehead atoms. The van der Waals surface area contributed by atoms with E-state index in [2.05, 4.69) is 78.2 Å². The second-order valence-electron chi connectivity index (χ2n) is 12.8. The molecule has 0 heterocycles. The van der Waals surface area contributed by atoms with Crippen molar-refractivity contribution in [2.75, 3.05) is 0 Å². The molecule has 0 aliphatic carbocycles. The van der Waals surface area contributed by atoms with Crippen LogP contribution in [-0.4, -0.2) is 6.10 Å². The average molecular weight is 545 g/mol. The molecule has 0 aromatic rings. The molecule has 0 saturated heterocycles. The van der Waals surface area contributed by atoms with Crippen molar-refractivity contribution in [3.63, 3.8) is 0 Å². The van der Waals surface area contributed by atoms with Gasteiger partial charge in [0.25, 0.3) is 0 Å². The summed E-state index contributed by atoms with van der Waals surface area (Å²) in [6.07, 6.45) is 44.8. The van der Waals surface area contributed by atoms with Crippen LogP contribution in [0.3, 0.4) is 0 Å². The summed E-state index contributed by atoms with van der Waals surface area (Å²) in [5.41, 5.74) is 0.206. The molecule has 2 unspecified atom stereocenters. The topological polar surface area (TPSA) is 9.23 Å². The normalized spacial score (nSPS) is 14.2. The monoisotopic (exact) mass is 545 g/mol. The minimum atomic E-state index is 0.206. The van der Waals surface area contributed by atoms with Gasteiger partial charge in [0, 0.05) is 0 Å². The fourth-order valence-electron chi connectivity index (χ4n) is 5.16. The van der Waals surface area contributed by atoms with Gasteiger partial charge in [-0.2, -0.15) is 0 Å². The molecule has 1 nitrogen and oxygen atoms in total. The Bertz CT molecular complexity index is 569. The van der Waals surface area contributed by atoms with Gasteiger partial charge in [0.2, 0.25) is 0 Å². The Kier molecular flexibility index (Phi) is 27.8. The minimum Gasteiger partial charge on any atom is -0.498 e. The Morgan fingerprint density at radius 3 is 1.51 bits per heavy atom. The van der Waals surface area contributed by atoms with Crippen LogP contribution in [0.2, 0.25) is 0 Å². The second kappa shape index (κ2) is 28.5. The fraction of sp³-hybridized carbons (Fsp3) is 0.842. The molecule has 0 spiro atoms. The van der Waals surface area contributed by atoms with Gasteiger partial charge in [0.15, 0.2) is 0 Å². The third kappa shape index (κ3) is 25.7. The van der Waals surface area contributed by atoms with Crippen LogP contribution in [0, 0.1) is 11.3 Å². The highest BCUT2D eigenvalue weighted by atomic mass is 16.5.